The van der Waals surface area contributed by atoms with Crippen molar-refractivity contribution in [2.45, 2.75) is 42.3 Å². The van der Waals surface area contributed by atoms with Crippen molar-refractivity contribution >= 4 is 46.4 Å². The summed E-state index contributed by atoms with van der Waals surface area (Å²) >= 11 is 24.4. The van der Waals surface area contributed by atoms with Crippen LogP contribution in [0.5, 0.6) is 0 Å². The van der Waals surface area contributed by atoms with E-state index in [2.05, 4.69) is 6.92 Å². The molecule has 0 aromatic heterocycles. The fraction of sp³-hybridized carbons (Fsp3) is 0.800. The summed E-state index contributed by atoms with van der Waals surface area (Å²) < 4.78 is 0. The molecule has 1 saturated carbocycles. The second-order valence-electron chi connectivity index (χ2n) is 4.42. The SMILES string of the molecule is C[C@@]1(Cl)C[C@@](C)(C=CCl)[C@H](Cl)C[C@H]1Cl. The lowest BCUT2D eigenvalue weighted by atomic mass is 9.70. The van der Waals surface area contributed by atoms with Crippen molar-refractivity contribution in [2.24, 2.45) is 5.41 Å². The molecule has 0 saturated heterocycles. The minimum atomic E-state index is -0.405. The van der Waals surface area contributed by atoms with Gasteiger partial charge in [0.15, 0.2) is 0 Å². The Kier molecular flexibility index (Phi) is 4.09. The van der Waals surface area contributed by atoms with Gasteiger partial charge in [0.2, 0.25) is 0 Å². The summed E-state index contributed by atoms with van der Waals surface area (Å²) in [5.41, 5.74) is 1.35. The molecule has 0 bridgehead atoms. The van der Waals surface area contributed by atoms with Gasteiger partial charge in [0.1, 0.15) is 0 Å². The molecule has 0 radical (unpaired) electrons. The van der Waals surface area contributed by atoms with Crippen LogP contribution in [0.2, 0.25) is 0 Å². The summed E-state index contributed by atoms with van der Waals surface area (Å²) in [5.74, 6) is 0. The zero-order chi connectivity index (χ0) is 11.0. The smallest absolute Gasteiger partial charge is 0.0591 e. The Morgan fingerprint density at radius 2 is 1.79 bits per heavy atom. The van der Waals surface area contributed by atoms with Gasteiger partial charge in [-0.25, -0.2) is 0 Å². The fourth-order valence-corrected chi connectivity index (χ4v) is 3.31. The van der Waals surface area contributed by atoms with E-state index in [1.807, 2.05) is 13.0 Å². The molecule has 0 spiro atoms. The van der Waals surface area contributed by atoms with Crippen LogP contribution in [0.25, 0.3) is 0 Å². The second kappa shape index (κ2) is 4.41. The number of hydrogen-bond donors (Lipinski definition) is 0. The summed E-state index contributed by atoms with van der Waals surface area (Å²) in [6, 6.07) is 0. The topological polar surface area (TPSA) is 0 Å². The third-order valence-corrected chi connectivity index (χ3v) is 4.92. The molecule has 0 nitrogen and oxygen atoms in total. The predicted octanol–water partition coefficient (Wildman–Crippen LogP) is 4.75. The van der Waals surface area contributed by atoms with Crippen molar-refractivity contribution in [1.29, 1.82) is 0 Å². The summed E-state index contributed by atoms with van der Waals surface area (Å²) in [6.07, 6.45) is 3.36. The lowest BCUT2D eigenvalue weighted by Crippen LogP contribution is -2.47. The van der Waals surface area contributed by atoms with E-state index in [0.717, 1.165) is 6.42 Å². The highest BCUT2D eigenvalue weighted by Crippen LogP contribution is 2.49. The van der Waals surface area contributed by atoms with Crippen LogP contribution >= 0.6 is 46.4 Å². The Morgan fingerprint density at radius 3 is 2.29 bits per heavy atom. The first-order chi connectivity index (χ1) is 6.32. The molecule has 0 aliphatic heterocycles. The molecule has 0 heterocycles. The molecule has 1 aliphatic carbocycles. The van der Waals surface area contributed by atoms with Gasteiger partial charge in [-0.05, 0) is 19.8 Å². The molecule has 0 unspecified atom stereocenters. The maximum Gasteiger partial charge on any atom is 0.0591 e. The van der Waals surface area contributed by atoms with Crippen molar-refractivity contribution in [3.05, 3.63) is 11.6 Å². The number of rotatable bonds is 1. The first kappa shape index (κ1) is 13.0. The lowest BCUT2D eigenvalue weighted by Gasteiger charge is -2.45. The fourth-order valence-electron chi connectivity index (χ4n) is 1.97. The number of allylic oxidation sites excluding steroid dienone is 1. The summed E-state index contributed by atoms with van der Waals surface area (Å²) in [4.78, 5) is -0.405. The molecule has 82 valence electrons. The number of halogens is 4. The maximum absolute atomic E-state index is 6.34. The molecule has 0 aromatic carbocycles. The predicted molar refractivity (Wildman–Crippen MR) is 65.9 cm³/mol. The average molecular weight is 276 g/mol. The van der Waals surface area contributed by atoms with Crippen molar-refractivity contribution < 1.29 is 0 Å². The first-order valence-corrected chi connectivity index (χ1v) is 6.25. The third-order valence-electron chi connectivity index (χ3n) is 2.95. The second-order valence-corrected chi connectivity index (χ2v) is 6.59. The van der Waals surface area contributed by atoms with Crippen LogP contribution in [0.15, 0.2) is 11.6 Å². The Morgan fingerprint density at radius 1 is 1.21 bits per heavy atom. The quantitative estimate of drug-likeness (QED) is 0.606. The van der Waals surface area contributed by atoms with Gasteiger partial charge in [0.05, 0.1) is 10.3 Å². The van der Waals surface area contributed by atoms with Gasteiger partial charge in [-0.3, -0.25) is 0 Å². The van der Waals surface area contributed by atoms with E-state index in [0.29, 0.717) is 6.42 Å². The van der Waals surface area contributed by atoms with Crippen molar-refractivity contribution in [3.8, 4) is 0 Å². The van der Waals surface area contributed by atoms with Crippen LogP contribution in [0.4, 0.5) is 0 Å². The van der Waals surface area contributed by atoms with Crippen LogP contribution in [0.1, 0.15) is 26.7 Å². The normalized spacial score (nSPS) is 49.9. The van der Waals surface area contributed by atoms with E-state index in [9.17, 15) is 0 Å². The van der Waals surface area contributed by atoms with Gasteiger partial charge in [-0.1, -0.05) is 24.6 Å². The molecule has 0 aromatic rings. The lowest BCUT2D eigenvalue weighted by molar-refractivity contribution is 0.253. The Hall–Kier alpha value is 0.900. The van der Waals surface area contributed by atoms with E-state index in [-0.39, 0.29) is 16.2 Å². The highest BCUT2D eigenvalue weighted by Gasteiger charge is 2.47. The van der Waals surface area contributed by atoms with E-state index < -0.39 is 4.87 Å². The van der Waals surface area contributed by atoms with E-state index >= 15 is 0 Å². The van der Waals surface area contributed by atoms with E-state index in [1.54, 1.807) is 0 Å². The molecular weight excluding hydrogens is 262 g/mol. The largest absolute Gasteiger partial charge is 0.122 e. The van der Waals surface area contributed by atoms with Gasteiger partial charge in [0, 0.05) is 16.3 Å². The summed E-state index contributed by atoms with van der Waals surface area (Å²) in [6.45, 7) is 4.02. The molecule has 1 aliphatic rings. The molecule has 4 heteroatoms. The van der Waals surface area contributed by atoms with Gasteiger partial charge in [-0.15, -0.1) is 34.8 Å². The maximum atomic E-state index is 6.34. The zero-order valence-electron chi connectivity index (χ0n) is 8.24. The van der Waals surface area contributed by atoms with Gasteiger partial charge in [0.25, 0.3) is 0 Å². The monoisotopic (exact) mass is 274 g/mol. The molecule has 4 atom stereocenters. The molecule has 1 rings (SSSR count). The van der Waals surface area contributed by atoms with E-state index in [4.69, 9.17) is 46.4 Å². The Labute approximate surface area is 106 Å². The molecule has 0 N–H and O–H groups in total. The zero-order valence-corrected chi connectivity index (χ0v) is 11.3. The van der Waals surface area contributed by atoms with Crippen molar-refractivity contribution in [2.75, 3.05) is 0 Å². The molecule has 1 fully saturated rings. The third kappa shape index (κ3) is 2.52. The Bertz CT molecular complexity index is 236. The minimum absolute atomic E-state index is 0.00757. The van der Waals surface area contributed by atoms with Gasteiger partial charge >= 0.3 is 0 Å². The van der Waals surface area contributed by atoms with Crippen LogP contribution in [0.3, 0.4) is 0 Å². The van der Waals surface area contributed by atoms with Crippen LogP contribution < -0.4 is 0 Å². The summed E-state index contributed by atoms with van der Waals surface area (Å²) in [7, 11) is 0. The highest BCUT2D eigenvalue weighted by molar-refractivity contribution is 6.33. The average Bonchev–Trinajstić information content (AvgIpc) is 2.01. The Balaban J connectivity index is 2.89. The molecule has 14 heavy (non-hydrogen) atoms. The van der Waals surface area contributed by atoms with Crippen LogP contribution in [-0.4, -0.2) is 15.6 Å². The standard InChI is InChI=1S/C10H14Cl4/c1-9(3-4-11)6-10(2,14)8(13)5-7(9)12/h3-4,7-8H,5-6H2,1-2H3/t7-,8-,9-,10-/m1/s1. The van der Waals surface area contributed by atoms with Crippen LogP contribution in [0, 0.1) is 5.41 Å². The van der Waals surface area contributed by atoms with Crippen molar-refractivity contribution in [3.63, 3.8) is 0 Å². The van der Waals surface area contributed by atoms with Crippen LogP contribution in [-0.2, 0) is 0 Å². The molecular formula is C10H14Cl4. The number of alkyl halides is 3. The molecule has 0 amide bonds. The minimum Gasteiger partial charge on any atom is -0.122 e. The number of hydrogen-bond acceptors (Lipinski definition) is 0. The summed E-state index contributed by atoms with van der Waals surface area (Å²) in [5, 5.41) is -0.0877. The van der Waals surface area contributed by atoms with E-state index in [1.165, 1.54) is 5.54 Å². The highest BCUT2D eigenvalue weighted by atomic mass is 35.5. The van der Waals surface area contributed by atoms with Crippen molar-refractivity contribution in [1.82, 2.24) is 0 Å². The first-order valence-electron chi connectivity index (χ1n) is 4.57. The van der Waals surface area contributed by atoms with Gasteiger partial charge in [-0.2, -0.15) is 0 Å². The van der Waals surface area contributed by atoms with Gasteiger partial charge < -0.3 is 0 Å².